The van der Waals surface area contributed by atoms with E-state index in [1.807, 2.05) is 43.3 Å². The Kier molecular flexibility index (Phi) is 4.66. The minimum Gasteiger partial charge on any atom is -0.281 e. The molecule has 0 saturated carbocycles. The SMILES string of the molecule is CC(C=NNC(=O)c1n[nH]c2c1CCCC2)=Cc1ccccc1. The zero-order valence-electron chi connectivity index (χ0n) is 13.2. The number of hydrogen-bond acceptors (Lipinski definition) is 3. The maximum Gasteiger partial charge on any atom is 0.292 e. The number of aromatic nitrogens is 2. The number of aryl methyl sites for hydroxylation is 1. The summed E-state index contributed by atoms with van der Waals surface area (Å²) in [6.07, 6.45) is 7.78. The van der Waals surface area contributed by atoms with E-state index in [0.29, 0.717) is 5.69 Å². The third-order valence-electron chi connectivity index (χ3n) is 3.90. The number of benzene rings is 1. The number of hydrazone groups is 1. The zero-order chi connectivity index (χ0) is 16.1. The molecular weight excluding hydrogens is 288 g/mol. The van der Waals surface area contributed by atoms with Gasteiger partial charge in [0.15, 0.2) is 5.69 Å². The van der Waals surface area contributed by atoms with Gasteiger partial charge in [0.25, 0.3) is 5.91 Å². The Morgan fingerprint density at radius 3 is 2.87 bits per heavy atom. The van der Waals surface area contributed by atoms with Crippen LogP contribution >= 0.6 is 0 Å². The molecule has 0 saturated heterocycles. The average molecular weight is 308 g/mol. The van der Waals surface area contributed by atoms with Gasteiger partial charge in [-0.05, 0) is 43.7 Å². The number of H-pyrrole nitrogens is 1. The predicted octanol–water partition coefficient (Wildman–Crippen LogP) is 3.11. The molecule has 0 spiro atoms. The van der Waals surface area contributed by atoms with Gasteiger partial charge in [-0.2, -0.15) is 10.2 Å². The van der Waals surface area contributed by atoms with Crippen LogP contribution in [0.5, 0.6) is 0 Å². The van der Waals surface area contributed by atoms with Crippen LogP contribution in [-0.4, -0.2) is 22.3 Å². The van der Waals surface area contributed by atoms with Crippen LogP contribution in [0.25, 0.3) is 6.08 Å². The smallest absolute Gasteiger partial charge is 0.281 e. The van der Waals surface area contributed by atoms with Crippen molar-refractivity contribution < 1.29 is 4.79 Å². The van der Waals surface area contributed by atoms with E-state index >= 15 is 0 Å². The Labute approximate surface area is 135 Å². The molecule has 118 valence electrons. The molecular formula is C18H20N4O. The van der Waals surface area contributed by atoms with E-state index in [9.17, 15) is 4.79 Å². The zero-order valence-corrected chi connectivity index (χ0v) is 13.2. The fraction of sp³-hybridized carbons (Fsp3) is 0.278. The minimum atomic E-state index is -0.256. The molecule has 0 radical (unpaired) electrons. The first kappa shape index (κ1) is 15.2. The average Bonchev–Trinajstić information content (AvgIpc) is 3.00. The summed E-state index contributed by atoms with van der Waals surface area (Å²) in [5, 5.41) is 11.1. The van der Waals surface area contributed by atoms with Gasteiger partial charge in [0.2, 0.25) is 0 Å². The number of carbonyl (C=O) groups excluding carboxylic acids is 1. The van der Waals surface area contributed by atoms with Gasteiger partial charge in [0.1, 0.15) is 0 Å². The van der Waals surface area contributed by atoms with Gasteiger partial charge >= 0.3 is 0 Å². The fourth-order valence-electron chi connectivity index (χ4n) is 2.76. The van der Waals surface area contributed by atoms with Gasteiger partial charge in [-0.25, -0.2) is 5.43 Å². The van der Waals surface area contributed by atoms with Crippen LogP contribution in [0.15, 0.2) is 41.0 Å². The second-order valence-corrected chi connectivity index (χ2v) is 5.73. The molecule has 1 aliphatic rings. The summed E-state index contributed by atoms with van der Waals surface area (Å²) in [5.41, 5.74) is 7.22. The molecule has 1 amide bonds. The van der Waals surface area contributed by atoms with E-state index in [-0.39, 0.29) is 5.91 Å². The van der Waals surface area contributed by atoms with Gasteiger partial charge in [0.05, 0.1) is 6.21 Å². The number of amides is 1. The molecule has 0 unspecified atom stereocenters. The molecule has 0 bridgehead atoms. The summed E-state index contributed by atoms with van der Waals surface area (Å²) in [4.78, 5) is 12.2. The highest BCUT2D eigenvalue weighted by Crippen LogP contribution is 2.21. The van der Waals surface area contributed by atoms with Crippen molar-refractivity contribution in [2.45, 2.75) is 32.6 Å². The van der Waals surface area contributed by atoms with Crippen molar-refractivity contribution >= 4 is 18.2 Å². The predicted molar refractivity (Wildman–Crippen MR) is 91.3 cm³/mol. The second-order valence-electron chi connectivity index (χ2n) is 5.73. The molecule has 0 aliphatic heterocycles. The first-order valence-electron chi connectivity index (χ1n) is 7.87. The third-order valence-corrected chi connectivity index (χ3v) is 3.90. The van der Waals surface area contributed by atoms with Crippen LogP contribution in [0.1, 0.15) is 47.1 Å². The first-order valence-corrected chi connectivity index (χ1v) is 7.87. The number of fused-ring (bicyclic) bond motifs is 1. The number of hydrogen-bond donors (Lipinski definition) is 2. The molecule has 3 rings (SSSR count). The lowest BCUT2D eigenvalue weighted by Crippen LogP contribution is -2.20. The second kappa shape index (κ2) is 7.05. The van der Waals surface area contributed by atoms with E-state index < -0.39 is 0 Å². The number of nitrogens with zero attached hydrogens (tertiary/aromatic N) is 2. The van der Waals surface area contributed by atoms with Crippen LogP contribution in [0.4, 0.5) is 0 Å². The highest BCUT2D eigenvalue weighted by Gasteiger charge is 2.21. The van der Waals surface area contributed by atoms with Gasteiger partial charge in [-0.1, -0.05) is 36.4 Å². The molecule has 1 aromatic carbocycles. The van der Waals surface area contributed by atoms with E-state index in [2.05, 4.69) is 20.7 Å². The van der Waals surface area contributed by atoms with Crippen molar-refractivity contribution in [3.8, 4) is 0 Å². The monoisotopic (exact) mass is 308 g/mol. The van der Waals surface area contributed by atoms with E-state index in [4.69, 9.17) is 0 Å². The van der Waals surface area contributed by atoms with Crippen molar-refractivity contribution in [2.75, 3.05) is 0 Å². The topological polar surface area (TPSA) is 70.1 Å². The Bertz CT molecular complexity index is 744. The van der Waals surface area contributed by atoms with Crippen molar-refractivity contribution in [1.29, 1.82) is 0 Å². The standard InChI is InChI=1S/C18H20N4O/c1-13(11-14-7-3-2-4-8-14)12-19-22-18(23)17-15-9-5-6-10-16(15)20-21-17/h2-4,7-8,11-12H,5-6,9-10H2,1H3,(H,20,21)(H,22,23). The van der Waals surface area contributed by atoms with Gasteiger partial charge < -0.3 is 0 Å². The number of aromatic amines is 1. The number of nitrogens with one attached hydrogen (secondary N) is 2. The lowest BCUT2D eigenvalue weighted by Gasteiger charge is -2.10. The van der Waals surface area contributed by atoms with Crippen LogP contribution in [0, 0.1) is 0 Å². The fourth-order valence-corrected chi connectivity index (χ4v) is 2.76. The quantitative estimate of drug-likeness (QED) is 0.673. The summed E-state index contributed by atoms with van der Waals surface area (Å²) in [6.45, 7) is 1.94. The summed E-state index contributed by atoms with van der Waals surface area (Å²) < 4.78 is 0. The Morgan fingerprint density at radius 1 is 1.26 bits per heavy atom. The molecule has 1 heterocycles. The summed E-state index contributed by atoms with van der Waals surface area (Å²) in [7, 11) is 0. The van der Waals surface area contributed by atoms with Crippen LogP contribution in [-0.2, 0) is 12.8 Å². The number of allylic oxidation sites excluding steroid dienone is 1. The van der Waals surface area contributed by atoms with Crippen molar-refractivity contribution in [3.05, 3.63) is 58.4 Å². The molecule has 5 nitrogen and oxygen atoms in total. The molecule has 2 aromatic rings. The maximum absolute atomic E-state index is 12.2. The number of rotatable bonds is 4. The summed E-state index contributed by atoms with van der Waals surface area (Å²) >= 11 is 0. The van der Waals surface area contributed by atoms with Crippen LogP contribution in [0.3, 0.4) is 0 Å². The van der Waals surface area contributed by atoms with Crippen LogP contribution in [0.2, 0.25) is 0 Å². The Balaban J connectivity index is 1.63. The van der Waals surface area contributed by atoms with Gasteiger partial charge in [-0.15, -0.1) is 0 Å². The Morgan fingerprint density at radius 2 is 2.04 bits per heavy atom. The van der Waals surface area contributed by atoms with Gasteiger partial charge in [0, 0.05) is 11.3 Å². The lowest BCUT2D eigenvalue weighted by molar-refractivity contribution is 0.0949. The Hall–Kier alpha value is -2.69. The molecule has 0 fully saturated rings. The van der Waals surface area contributed by atoms with E-state index in [1.165, 1.54) is 0 Å². The number of carbonyl (C=O) groups is 1. The molecule has 2 N–H and O–H groups in total. The third kappa shape index (κ3) is 3.74. The van der Waals surface area contributed by atoms with Crippen molar-refractivity contribution in [1.82, 2.24) is 15.6 Å². The van der Waals surface area contributed by atoms with Crippen molar-refractivity contribution in [3.63, 3.8) is 0 Å². The molecule has 1 aliphatic carbocycles. The molecule has 5 heteroatoms. The maximum atomic E-state index is 12.2. The molecule has 0 atom stereocenters. The highest BCUT2D eigenvalue weighted by molar-refractivity contribution is 5.95. The van der Waals surface area contributed by atoms with Crippen LogP contribution < -0.4 is 5.43 Å². The summed E-state index contributed by atoms with van der Waals surface area (Å²) in [6, 6.07) is 9.99. The first-order chi connectivity index (χ1) is 11.2. The highest BCUT2D eigenvalue weighted by atomic mass is 16.2. The minimum absolute atomic E-state index is 0.256. The van der Waals surface area contributed by atoms with E-state index in [1.54, 1.807) is 6.21 Å². The van der Waals surface area contributed by atoms with Crippen molar-refractivity contribution in [2.24, 2.45) is 5.10 Å². The normalized spacial score (nSPS) is 14.7. The van der Waals surface area contributed by atoms with E-state index in [0.717, 1.165) is 48.1 Å². The van der Waals surface area contributed by atoms with Gasteiger partial charge in [-0.3, -0.25) is 9.89 Å². The largest absolute Gasteiger partial charge is 0.292 e. The molecule has 23 heavy (non-hydrogen) atoms. The lowest BCUT2D eigenvalue weighted by atomic mass is 9.96. The summed E-state index contributed by atoms with van der Waals surface area (Å²) in [5.74, 6) is -0.256. The molecule has 1 aromatic heterocycles.